The zero-order valence-corrected chi connectivity index (χ0v) is 13.4. The lowest BCUT2D eigenvalue weighted by molar-refractivity contribution is -0.131. The van der Waals surface area contributed by atoms with Gasteiger partial charge >= 0.3 is 5.97 Å². The molecule has 1 heterocycles. The first kappa shape index (κ1) is 15.2. The Labute approximate surface area is 135 Å². The number of carbonyl (C=O) groups excluding carboxylic acids is 1. The summed E-state index contributed by atoms with van der Waals surface area (Å²) in [6.07, 6.45) is 0. The van der Waals surface area contributed by atoms with Gasteiger partial charge < -0.3 is 14.2 Å². The summed E-state index contributed by atoms with van der Waals surface area (Å²) in [5.41, 5.74) is 3.31. The van der Waals surface area contributed by atoms with Crippen molar-refractivity contribution in [1.82, 2.24) is 0 Å². The van der Waals surface area contributed by atoms with Crippen LogP contribution < -0.4 is 14.2 Å². The first-order valence-electron chi connectivity index (χ1n) is 7.28. The molecule has 1 unspecified atom stereocenters. The fourth-order valence-electron chi connectivity index (χ4n) is 2.82. The number of aryl methyl sites for hydroxylation is 1. The third-order valence-electron chi connectivity index (χ3n) is 4.05. The molecule has 0 aromatic heterocycles. The Kier molecular flexibility index (Phi) is 3.82. The van der Waals surface area contributed by atoms with Gasteiger partial charge in [-0.05, 0) is 12.5 Å². The Hall–Kier alpha value is -2.75. The second-order valence-electron chi connectivity index (χ2n) is 5.50. The molecule has 3 rings (SSSR count). The van der Waals surface area contributed by atoms with Gasteiger partial charge in [0.15, 0.2) is 0 Å². The van der Waals surface area contributed by atoms with E-state index < -0.39 is 5.97 Å². The quantitative estimate of drug-likeness (QED) is 0.493. The maximum atomic E-state index is 12.2. The van der Waals surface area contributed by atoms with Gasteiger partial charge in [-0.25, -0.2) is 4.79 Å². The number of rotatable bonds is 3. The van der Waals surface area contributed by atoms with Gasteiger partial charge in [0.25, 0.3) is 0 Å². The van der Waals surface area contributed by atoms with Crippen molar-refractivity contribution in [2.45, 2.75) is 12.8 Å². The van der Waals surface area contributed by atoms with Crippen LogP contribution in [0.25, 0.3) is 0 Å². The average Bonchev–Trinajstić information content (AvgIpc) is 2.56. The molecule has 1 aliphatic rings. The lowest BCUT2D eigenvalue weighted by Crippen LogP contribution is -2.24. The molecule has 118 valence electrons. The fraction of sp³-hybridized carbons (Fsp3) is 0.211. The van der Waals surface area contributed by atoms with E-state index in [2.05, 4.69) is 6.58 Å². The largest absolute Gasteiger partial charge is 0.496 e. The maximum Gasteiger partial charge on any atom is 0.339 e. The van der Waals surface area contributed by atoms with E-state index in [-0.39, 0.29) is 5.92 Å². The number of carbonyl (C=O) groups is 1. The van der Waals surface area contributed by atoms with Crippen molar-refractivity contribution in [3.05, 3.63) is 65.2 Å². The van der Waals surface area contributed by atoms with Crippen LogP contribution >= 0.6 is 0 Å². The molecule has 0 spiro atoms. The van der Waals surface area contributed by atoms with Crippen LogP contribution in [0.2, 0.25) is 0 Å². The van der Waals surface area contributed by atoms with E-state index in [1.54, 1.807) is 26.4 Å². The molecule has 0 amide bonds. The molecule has 4 nitrogen and oxygen atoms in total. The van der Waals surface area contributed by atoms with E-state index >= 15 is 0 Å². The van der Waals surface area contributed by atoms with Crippen molar-refractivity contribution in [2.75, 3.05) is 14.2 Å². The second kappa shape index (κ2) is 5.80. The summed E-state index contributed by atoms with van der Waals surface area (Å²) in [5.74, 6) is 0.900. The summed E-state index contributed by atoms with van der Waals surface area (Å²) in [6.45, 7) is 5.95. The number of benzene rings is 2. The normalized spacial score (nSPS) is 16.6. The van der Waals surface area contributed by atoms with Crippen LogP contribution in [0.5, 0.6) is 17.2 Å². The highest BCUT2D eigenvalue weighted by molar-refractivity contribution is 5.95. The van der Waals surface area contributed by atoms with Crippen LogP contribution in [0, 0.1) is 6.92 Å². The van der Waals surface area contributed by atoms with E-state index in [1.807, 2.05) is 31.2 Å². The molecule has 0 fully saturated rings. The van der Waals surface area contributed by atoms with Gasteiger partial charge in [-0.1, -0.05) is 36.4 Å². The summed E-state index contributed by atoms with van der Waals surface area (Å²) in [4.78, 5) is 12.2. The highest BCUT2D eigenvalue weighted by Gasteiger charge is 2.35. The predicted octanol–water partition coefficient (Wildman–Crippen LogP) is 3.62. The first-order valence-corrected chi connectivity index (χ1v) is 7.28. The molecular weight excluding hydrogens is 292 g/mol. The summed E-state index contributed by atoms with van der Waals surface area (Å²) < 4.78 is 16.2. The van der Waals surface area contributed by atoms with E-state index in [4.69, 9.17) is 14.2 Å². The van der Waals surface area contributed by atoms with Crippen molar-refractivity contribution in [2.24, 2.45) is 0 Å². The van der Waals surface area contributed by atoms with E-state index in [9.17, 15) is 4.79 Å². The fourth-order valence-corrected chi connectivity index (χ4v) is 2.82. The molecule has 0 radical (unpaired) electrons. The summed E-state index contributed by atoms with van der Waals surface area (Å²) >= 11 is 0. The topological polar surface area (TPSA) is 44.8 Å². The highest BCUT2D eigenvalue weighted by Crippen LogP contribution is 2.47. The maximum absolute atomic E-state index is 12.2. The van der Waals surface area contributed by atoms with E-state index in [0.29, 0.717) is 22.8 Å². The average molecular weight is 310 g/mol. The van der Waals surface area contributed by atoms with Crippen LogP contribution in [-0.4, -0.2) is 20.2 Å². The third kappa shape index (κ3) is 2.57. The molecule has 1 atom stereocenters. The first-order chi connectivity index (χ1) is 11.0. The van der Waals surface area contributed by atoms with Crippen LogP contribution in [0.15, 0.2) is 48.6 Å². The molecule has 23 heavy (non-hydrogen) atoms. The Balaban J connectivity index is 2.23. The SMILES string of the molecule is C=C1C(=O)Oc2cc(OC)cc(OC)c2C1c1ccc(C)cc1. The smallest absolute Gasteiger partial charge is 0.339 e. The van der Waals surface area contributed by atoms with Crippen molar-refractivity contribution in [3.63, 3.8) is 0 Å². The molecule has 4 heteroatoms. The van der Waals surface area contributed by atoms with Gasteiger partial charge in [-0.2, -0.15) is 0 Å². The van der Waals surface area contributed by atoms with Gasteiger partial charge in [0.2, 0.25) is 0 Å². The van der Waals surface area contributed by atoms with E-state index in [1.165, 1.54) is 0 Å². The molecule has 0 saturated carbocycles. The predicted molar refractivity (Wildman–Crippen MR) is 87.3 cm³/mol. The highest BCUT2D eigenvalue weighted by atomic mass is 16.5. The number of hydrogen-bond donors (Lipinski definition) is 0. The Morgan fingerprint density at radius 3 is 2.39 bits per heavy atom. The molecule has 2 aromatic carbocycles. The number of hydrogen-bond acceptors (Lipinski definition) is 4. The van der Waals surface area contributed by atoms with Gasteiger partial charge in [0.1, 0.15) is 17.2 Å². The minimum Gasteiger partial charge on any atom is -0.496 e. The molecule has 2 aromatic rings. The van der Waals surface area contributed by atoms with Crippen molar-refractivity contribution < 1.29 is 19.0 Å². The third-order valence-corrected chi connectivity index (χ3v) is 4.05. The van der Waals surface area contributed by atoms with Crippen LogP contribution in [0.1, 0.15) is 22.6 Å². The summed E-state index contributed by atoms with van der Waals surface area (Å²) in [7, 11) is 3.14. The molecule has 0 aliphatic carbocycles. The Morgan fingerprint density at radius 1 is 1.09 bits per heavy atom. The van der Waals surface area contributed by atoms with Crippen molar-refractivity contribution in [3.8, 4) is 17.2 Å². The minimum atomic E-state index is -0.432. The molecule has 0 N–H and O–H groups in total. The Morgan fingerprint density at radius 2 is 1.78 bits per heavy atom. The van der Waals surface area contributed by atoms with Gasteiger partial charge in [0.05, 0.1) is 14.2 Å². The van der Waals surface area contributed by atoms with Crippen molar-refractivity contribution >= 4 is 5.97 Å². The summed E-state index contributed by atoms with van der Waals surface area (Å²) in [6, 6.07) is 11.5. The van der Waals surface area contributed by atoms with Gasteiger partial charge in [0, 0.05) is 29.2 Å². The van der Waals surface area contributed by atoms with Crippen LogP contribution in [0.3, 0.4) is 0 Å². The van der Waals surface area contributed by atoms with Crippen LogP contribution in [0.4, 0.5) is 0 Å². The molecule has 0 saturated heterocycles. The van der Waals surface area contributed by atoms with Gasteiger partial charge in [-0.15, -0.1) is 0 Å². The minimum absolute atomic E-state index is 0.298. The van der Waals surface area contributed by atoms with Crippen molar-refractivity contribution in [1.29, 1.82) is 0 Å². The number of methoxy groups -OCH3 is 2. The lowest BCUT2D eigenvalue weighted by Gasteiger charge is -2.28. The zero-order chi connectivity index (χ0) is 16.6. The lowest BCUT2D eigenvalue weighted by atomic mass is 9.82. The zero-order valence-electron chi connectivity index (χ0n) is 13.4. The number of fused-ring (bicyclic) bond motifs is 1. The van der Waals surface area contributed by atoms with Crippen LogP contribution in [-0.2, 0) is 4.79 Å². The molecular formula is C19H18O4. The standard InChI is InChI=1S/C19H18O4/c1-11-5-7-13(8-6-11)17-12(2)19(20)23-16-10-14(21-3)9-15(22-4)18(16)17/h5-10,17H,2H2,1,3-4H3. The summed E-state index contributed by atoms with van der Waals surface area (Å²) in [5, 5.41) is 0. The van der Waals surface area contributed by atoms with E-state index in [0.717, 1.165) is 16.7 Å². The monoisotopic (exact) mass is 310 g/mol. The molecule has 0 bridgehead atoms. The Bertz CT molecular complexity index is 775. The number of ether oxygens (including phenoxy) is 3. The van der Waals surface area contributed by atoms with Gasteiger partial charge in [-0.3, -0.25) is 0 Å². The number of esters is 1. The second-order valence-corrected chi connectivity index (χ2v) is 5.50. The molecule has 1 aliphatic heterocycles.